The molecule has 1 atom stereocenters. The zero-order valence-electron chi connectivity index (χ0n) is 7.00. The average Bonchev–Trinajstić information content (AvgIpc) is 2.03. The van der Waals surface area contributed by atoms with Crippen LogP contribution >= 0.6 is 0 Å². The van der Waals surface area contributed by atoms with Gasteiger partial charge >= 0.3 is 0 Å². The van der Waals surface area contributed by atoms with Crippen LogP contribution in [0, 0.1) is 6.92 Å². The van der Waals surface area contributed by atoms with Crippen molar-refractivity contribution in [3.8, 4) is 0 Å². The third-order valence-electron chi connectivity index (χ3n) is 1.70. The molecule has 1 aromatic rings. The Balaban J connectivity index is 3.18. The van der Waals surface area contributed by atoms with Crippen LogP contribution < -0.4 is 11.2 Å². The first-order valence-corrected chi connectivity index (χ1v) is 3.72. The van der Waals surface area contributed by atoms with Gasteiger partial charge in [0.05, 0.1) is 6.04 Å². The van der Waals surface area contributed by atoms with Crippen molar-refractivity contribution in [2.45, 2.75) is 13.0 Å². The van der Waals surface area contributed by atoms with Gasteiger partial charge in [0.1, 0.15) is 0 Å². The van der Waals surface area contributed by atoms with E-state index >= 15 is 0 Å². The molecule has 0 fully saturated rings. The lowest BCUT2D eigenvalue weighted by atomic mass is 10.1. The van der Waals surface area contributed by atoms with Crippen LogP contribution in [-0.2, 0) is 0 Å². The van der Waals surface area contributed by atoms with Crippen molar-refractivity contribution in [3.05, 3.63) is 46.4 Å². The average molecular weight is 164 g/mol. The lowest BCUT2D eigenvalue weighted by Gasteiger charge is -2.04. The van der Waals surface area contributed by atoms with Gasteiger partial charge in [0.25, 0.3) is 0 Å². The molecule has 0 saturated heterocycles. The number of nitrogens with two attached hydrogens (primary N) is 1. The minimum absolute atomic E-state index is 0.0429. The summed E-state index contributed by atoms with van der Waals surface area (Å²) in [4.78, 5) is 14.2. The Hall–Kier alpha value is -1.35. The Labute approximate surface area is 70.9 Å². The summed E-state index contributed by atoms with van der Waals surface area (Å²) in [5.74, 6) is 0. The molecule has 0 aliphatic heterocycles. The lowest BCUT2D eigenvalue weighted by Crippen LogP contribution is -2.18. The molecule has 64 valence electrons. The fourth-order valence-corrected chi connectivity index (χ4v) is 0.972. The highest BCUT2D eigenvalue weighted by atomic mass is 16.1. The summed E-state index contributed by atoms with van der Waals surface area (Å²) < 4.78 is 0. The second-order valence-corrected chi connectivity index (χ2v) is 2.70. The molecule has 1 aromatic heterocycles. The van der Waals surface area contributed by atoms with Gasteiger partial charge in [-0.2, -0.15) is 0 Å². The molecule has 0 unspecified atom stereocenters. The molecule has 1 rings (SSSR count). The van der Waals surface area contributed by atoms with Crippen molar-refractivity contribution in [1.29, 1.82) is 0 Å². The second kappa shape index (κ2) is 3.36. The smallest absolute Gasteiger partial charge is 0.186 e. The van der Waals surface area contributed by atoms with Crippen LogP contribution in [-0.4, -0.2) is 4.98 Å². The van der Waals surface area contributed by atoms with Gasteiger partial charge in [0, 0.05) is 23.5 Å². The van der Waals surface area contributed by atoms with Gasteiger partial charge in [-0.1, -0.05) is 6.08 Å². The maximum Gasteiger partial charge on any atom is 0.186 e. The summed E-state index contributed by atoms with van der Waals surface area (Å²) in [6.07, 6.45) is 3.17. The van der Waals surface area contributed by atoms with Crippen LogP contribution in [0.25, 0.3) is 0 Å². The molecule has 0 saturated carbocycles. The molecule has 3 heteroatoms. The minimum atomic E-state index is -0.380. The standard InChI is InChI=1S/C9H12N2O/c1-3-8(10)7-5-11-6(2)4-9(7)12/h3-5,8H,1,10H2,2H3,(H,11,12)/t8-/m0/s1. The van der Waals surface area contributed by atoms with Gasteiger partial charge in [-0.15, -0.1) is 6.58 Å². The maximum atomic E-state index is 11.3. The molecule has 12 heavy (non-hydrogen) atoms. The molecule has 3 nitrogen and oxygen atoms in total. The number of aromatic nitrogens is 1. The largest absolute Gasteiger partial charge is 0.365 e. The number of hydrogen-bond donors (Lipinski definition) is 2. The fraction of sp³-hybridized carbons (Fsp3) is 0.222. The summed E-state index contributed by atoms with van der Waals surface area (Å²) in [6, 6.07) is 1.15. The SMILES string of the molecule is C=C[C@H](N)c1c[nH]c(C)cc1=O. The number of rotatable bonds is 2. The number of pyridine rings is 1. The lowest BCUT2D eigenvalue weighted by molar-refractivity contribution is 0.888. The summed E-state index contributed by atoms with van der Waals surface area (Å²) in [7, 11) is 0. The van der Waals surface area contributed by atoms with Crippen molar-refractivity contribution in [3.63, 3.8) is 0 Å². The molecule has 0 bridgehead atoms. The molecular weight excluding hydrogens is 152 g/mol. The Bertz CT molecular complexity index is 341. The van der Waals surface area contributed by atoms with Gasteiger partial charge in [-0.25, -0.2) is 0 Å². The Morgan fingerprint density at radius 2 is 2.42 bits per heavy atom. The third kappa shape index (κ3) is 1.62. The van der Waals surface area contributed by atoms with Gasteiger partial charge in [0.2, 0.25) is 0 Å². The highest BCUT2D eigenvalue weighted by molar-refractivity contribution is 5.20. The van der Waals surface area contributed by atoms with E-state index in [1.807, 2.05) is 6.92 Å². The zero-order chi connectivity index (χ0) is 9.14. The number of aryl methyl sites for hydroxylation is 1. The number of hydrogen-bond acceptors (Lipinski definition) is 2. The van der Waals surface area contributed by atoms with E-state index in [2.05, 4.69) is 11.6 Å². The third-order valence-corrected chi connectivity index (χ3v) is 1.70. The molecule has 0 amide bonds. The van der Waals surface area contributed by atoms with E-state index in [1.165, 1.54) is 6.07 Å². The molecule has 0 spiro atoms. The molecule has 0 radical (unpaired) electrons. The second-order valence-electron chi connectivity index (χ2n) is 2.70. The van der Waals surface area contributed by atoms with Gasteiger partial charge < -0.3 is 10.7 Å². The Kier molecular flexibility index (Phi) is 2.45. The highest BCUT2D eigenvalue weighted by Gasteiger charge is 2.04. The van der Waals surface area contributed by atoms with E-state index in [-0.39, 0.29) is 11.5 Å². The van der Waals surface area contributed by atoms with Crippen LogP contribution in [0.3, 0.4) is 0 Å². The molecule has 0 aliphatic carbocycles. The summed E-state index contributed by atoms with van der Waals surface area (Å²) in [5, 5.41) is 0. The first-order valence-electron chi connectivity index (χ1n) is 3.72. The van der Waals surface area contributed by atoms with Crippen LogP contribution in [0.5, 0.6) is 0 Å². The topological polar surface area (TPSA) is 58.9 Å². The van der Waals surface area contributed by atoms with Crippen LogP contribution in [0.15, 0.2) is 29.7 Å². The maximum absolute atomic E-state index is 11.3. The van der Waals surface area contributed by atoms with Gasteiger partial charge in [-0.3, -0.25) is 4.79 Å². The molecule has 3 N–H and O–H groups in total. The first kappa shape index (κ1) is 8.74. The quantitative estimate of drug-likeness (QED) is 0.637. The van der Waals surface area contributed by atoms with E-state index in [4.69, 9.17) is 5.73 Å². The summed E-state index contributed by atoms with van der Waals surface area (Å²) >= 11 is 0. The van der Waals surface area contributed by atoms with Crippen molar-refractivity contribution >= 4 is 0 Å². The van der Waals surface area contributed by atoms with Crippen molar-refractivity contribution in [2.75, 3.05) is 0 Å². The highest BCUT2D eigenvalue weighted by Crippen LogP contribution is 2.03. The number of H-pyrrole nitrogens is 1. The van der Waals surface area contributed by atoms with Crippen molar-refractivity contribution in [1.82, 2.24) is 4.98 Å². The van der Waals surface area contributed by atoms with Crippen LogP contribution in [0.2, 0.25) is 0 Å². The van der Waals surface area contributed by atoms with Crippen LogP contribution in [0.4, 0.5) is 0 Å². The molecule has 1 heterocycles. The van der Waals surface area contributed by atoms with E-state index < -0.39 is 0 Å². The van der Waals surface area contributed by atoms with Crippen molar-refractivity contribution in [2.24, 2.45) is 5.73 Å². The monoisotopic (exact) mass is 164 g/mol. The fourth-order valence-electron chi connectivity index (χ4n) is 0.972. The van der Waals surface area contributed by atoms with E-state index in [0.717, 1.165) is 5.69 Å². The summed E-state index contributed by atoms with van der Waals surface area (Å²) in [6.45, 7) is 5.35. The van der Waals surface area contributed by atoms with Gasteiger partial charge in [0.15, 0.2) is 5.43 Å². The van der Waals surface area contributed by atoms with E-state index in [1.54, 1.807) is 12.3 Å². The predicted molar refractivity (Wildman–Crippen MR) is 48.9 cm³/mol. The van der Waals surface area contributed by atoms with Crippen molar-refractivity contribution < 1.29 is 0 Å². The molecule has 0 aromatic carbocycles. The molecular formula is C9H12N2O. The molecule has 0 aliphatic rings. The number of nitrogens with one attached hydrogen (secondary N) is 1. The van der Waals surface area contributed by atoms with E-state index in [9.17, 15) is 4.79 Å². The van der Waals surface area contributed by atoms with E-state index in [0.29, 0.717) is 5.56 Å². The normalized spacial score (nSPS) is 12.5. The Morgan fingerprint density at radius 1 is 1.75 bits per heavy atom. The first-order chi connectivity index (χ1) is 5.65. The van der Waals surface area contributed by atoms with Gasteiger partial charge in [-0.05, 0) is 6.92 Å². The van der Waals surface area contributed by atoms with Crippen LogP contribution in [0.1, 0.15) is 17.3 Å². The zero-order valence-corrected chi connectivity index (χ0v) is 7.00. The number of aromatic amines is 1. The summed E-state index contributed by atoms with van der Waals surface area (Å²) in [5.41, 5.74) is 6.95. The Morgan fingerprint density at radius 3 is 2.92 bits per heavy atom. The predicted octanol–water partition coefficient (Wildman–Crippen LogP) is 0.869. The minimum Gasteiger partial charge on any atom is -0.365 e.